The lowest BCUT2D eigenvalue weighted by molar-refractivity contribution is -0.00262. The Balaban J connectivity index is 1.72. The number of rotatable bonds is 4. The third kappa shape index (κ3) is 3.17. The first-order valence-corrected chi connectivity index (χ1v) is 7.35. The van der Waals surface area contributed by atoms with Crippen LogP contribution in [0.15, 0.2) is 28.7 Å². The van der Waals surface area contributed by atoms with E-state index in [2.05, 4.69) is 10.2 Å². The van der Waals surface area contributed by atoms with Gasteiger partial charge >= 0.3 is 5.97 Å². The van der Waals surface area contributed by atoms with Crippen molar-refractivity contribution < 1.29 is 18.7 Å². The van der Waals surface area contributed by atoms with Crippen LogP contribution in [-0.4, -0.2) is 35.0 Å². The predicted octanol–water partition coefficient (Wildman–Crippen LogP) is 2.77. The van der Waals surface area contributed by atoms with Crippen LogP contribution in [0.4, 0.5) is 0 Å². The van der Waals surface area contributed by atoms with E-state index in [9.17, 15) is 4.79 Å². The third-order valence-electron chi connectivity index (χ3n) is 3.62. The minimum atomic E-state index is -0.408. The summed E-state index contributed by atoms with van der Waals surface area (Å²) in [5.41, 5.74) is 0.992. The van der Waals surface area contributed by atoms with E-state index in [4.69, 9.17) is 13.9 Å². The van der Waals surface area contributed by atoms with Gasteiger partial charge in [0.05, 0.1) is 23.3 Å². The highest BCUT2D eigenvalue weighted by molar-refractivity contribution is 5.96. The minimum absolute atomic E-state index is 0.0169. The van der Waals surface area contributed by atoms with Crippen molar-refractivity contribution in [2.45, 2.75) is 38.9 Å². The van der Waals surface area contributed by atoms with Crippen molar-refractivity contribution in [1.82, 2.24) is 10.2 Å². The summed E-state index contributed by atoms with van der Waals surface area (Å²) in [4.78, 5) is 12.3. The van der Waals surface area contributed by atoms with Crippen LogP contribution in [0.5, 0.6) is 0 Å². The highest BCUT2D eigenvalue weighted by Gasteiger charge is 2.24. The van der Waals surface area contributed by atoms with Gasteiger partial charge in [0.1, 0.15) is 6.61 Å². The number of hydrogen-bond acceptors (Lipinski definition) is 6. The van der Waals surface area contributed by atoms with Gasteiger partial charge in [0.25, 0.3) is 0 Å². The molecule has 0 unspecified atom stereocenters. The number of carbonyl (C=O) groups excluding carboxylic acids is 1. The lowest BCUT2D eigenvalue weighted by atomic mass is 10.1. The van der Waals surface area contributed by atoms with Crippen molar-refractivity contribution in [3.63, 3.8) is 0 Å². The number of hydrogen-bond donors (Lipinski definition) is 0. The lowest BCUT2D eigenvalue weighted by Crippen LogP contribution is -2.19. The molecule has 22 heavy (non-hydrogen) atoms. The molecule has 0 aliphatic carbocycles. The second-order valence-electron chi connectivity index (χ2n) is 5.42. The average Bonchev–Trinajstić information content (AvgIpc) is 3.13. The second-order valence-corrected chi connectivity index (χ2v) is 5.42. The van der Waals surface area contributed by atoms with Crippen molar-refractivity contribution >= 4 is 5.97 Å². The van der Waals surface area contributed by atoms with E-state index in [0.29, 0.717) is 22.9 Å². The maximum absolute atomic E-state index is 12.3. The maximum Gasteiger partial charge on any atom is 0.339 e. The van der Waals surface area contributed by atoms with Gasteiger partial charge in [-0.1, -0.05) is 12.1 Å². The monoisotopic (exact) mass is 302 g/mol. The first kappa shape index (κ1) is 14.7. The van der Waals surface area contributed by atoms with E-state index < -0.39 is 5.97 Å². The van der Waals surface area contributed by atoms with Crippen molar-refractivity contribution in [2.24, 2.45) is 0 Å². The van der Waals surface area contributed by atoms with Gasteiger partial charge in [-0.3, -0.25) is 0 Å². The first-order chi connectivity index (χ1) is 10.6. The summed E-state index contributed by atoms with van der Waals surface area (Å²) in [5, 5.41) is 7.75. The van der Waals surface area contributed by atoms with Crippen molar-refractivity contribution in [3.8, 4) is 11.5 Å². The zero-order chi connectivity index (χ0) is 15.5. The smallest absolute Gasteiger partial charge is 0.339 e. The molecular formula is C16H18N2O4. The summed E-state index contributed by atoms with van der Waals surface area (Å²) < 4.78 is 16.4. The van der Waals surface area contributed by atoms with Crippen molar-refractivity contribution in [2.75, 3.05) is 6.61 Å². The number of ether oxygens (including phenoxy) is 2. The Morgan fingerprint density at radius 2 is 2.14 bits per heavy atom. The molecule has 0 bridgehead atoms. The standard InChI is InChI=1S/C16H18N2O4/c1-10-7-8-12(21-10)9-20-16(19)14-6-4-3-5-13(14)15-18-17-11(2)22-15/h3-6,10,12H,7-9H2,1-2H3/t10-,12+/m0/s1. The Morgan fingerprint density at radius 1 is 1.32 bits per heavy atom. The molecule has 0 N–H and O–H groups in total. The zero-order valence-electron chi connectivity index (χ0n) is 12.6. The molecule has 3 rings (SSSR count). The molecule has 1 saturated heterocycles. The Hall–Kier alpha value is -2.21. The molecule has 1 aromatic heterocycles. The minimum Gasteiger partial charge on any atom is -0.459 e. The van der Waals surface area contributed by atoms with Crippen LogP contribution >= 0.6 is 0 Å². The maximum atomic E-state index is 12.3. The van der Waals surface area contributed by atoms with Crippen LogP contribution in [0.25, 0.3) is 11.5 Å². The SMILES string of the molecule is Cc1nnc(-c2ccccc2C(=O)OC[C@H]2CC[C@H](C)O2)o1. The largest absolute Gasteiger partial charge is 0.459 e. The molecule has 0 spiro atoms. The molecule has 2 aromatic rings. The molecule has 2 heterocycles. The molecule has 1 aromatic carbocycles. The molecule has 0 amide bonds. The van der Waals surface area contributed by atoms with Crippen LogP contribution in [0, 0.1) is 6.92 Å². The highest BCUT2D eigenvalue weighted by atomic mass is 16.6. The number of aryl methyl sites for hydroxylation is 1. The van der Waals surface area contributed by atoms with Gasteiger partial charge in [-0.2, -0.15) is 0 Å². The van der Waals surface area contributed by atoms with Crippen molar-refractivity contribution in [1.29, 1.82) is 0 Å². The van der Waals surface area contributed by atoms with Crippen LogP contribution in [0.1, 0.15) is 36.0 Å². The summed E-state index contributed by atoms with van der Waals surface area (Å²) in [6, 6.07) is 7.04. The molecule has 116 valence electrons. The normalized spacial score (nSPS) is 21.0. The Morgan fingerprint density at radius 3 is 2.82 bits per heavy atom. The Bertz CT molecular complexity index is 668. The first-order valence-electron chi connectivity index (χ1n) is 7.35. The molecule has 0 saturated carbocycles. The average molecular weight is 302 g/mol. The molecular weight excluding hydrogens is 284 g/mol. The number of aromatic nitrogens is 2. The van der Waals surface area contributed by atoms with E-state index in [0.717, 1.165) is 12.8 Å². The molecule has 1 aliphatic rings. The van der Waals surface area contributed by atoms with E-state index in [1.165, 1.54) is 0 Å². The van der Waals surface area contributed by atoms with Gasteiger partial charge in [0.2, 0.25) is 11.8 Å². The summed E-state index contributed by atoms with van der Waals surface area (Å²) in [6.45, 7) is 3.99. The number of esters is 1. The van der Waals surface area contributed by atoms with Gasteiger partial charge in [0.15, 0.2) is 0 Å². The van der Waals surface area contributed by atoms with Gasteiger partial charge in [0, 0.05) is 6.92 Å². The van der Waals surface area contributed by atoms with Crippen molar-refractivity contribution in [3.05, 3.63) is 35.7 Å². The van der Waals surface area contributed by atoms with Crippen LogP contribution in [-0.2, 0) is 9.47 Å². The van der Waals surface area contributed by atoms with E-state index in [-0.39, 0.29) is 18.8 Å². The summed E-state index contributed by atoms with van der Waals surface area (Å²) in [7, 11) is 0. The number of carbonyl (C=O) groups is 1. The molecule has 0 radical (unpaired) electrons. The molecule has 6 nitrogen and oxygen atoms in total. The van der Waals surface area contributed by atoms with Gasteiger partial charge < -0.3 is 13.9 Å². The van der Waals surface area contributed by atoms with E-state index >= 15 is 0 Å². The number of benzene rings is 1. The molecule has 2 atom stereocenters. The molecule has 1 aliphatic heterocycles. The highest BCUT2D eigenvalue weighted by Crippen LogP contribution is 2.24. The second kappa shape index (κ2) is 6.27. The zero-order valence-corrected chi connectivity index (χ0v) is 12.6. The van der Waals surface area contributed by atoms with Gasteiger partial charge in [-0.05, 0) is 31.9 Å². The quantitative estimate of drug-likeness (QED) is 0.808. The lowest BCUT2D eigenvalue weighted by Gasteiger charge is -2.12. The van der Waals surface area contributed by atoms with Crippen LogP contribution in [0.2, 0.25) is 0 Å². The van der Waals surface area contributed by atoms with E-state index in [1.54, 1.807) is 25.1 Å². The fourth-order valence-corrected chi connectivity index (χ4v) is 2.51. The fourth-order valence-electron chi connectivity index (χ4n) is 2.51. The molecule has 6 heteroatoms. The van der Waals surface area contributed by atoms with Gasteiger partial charge in [-0.25, -0.2) is 4.79 Å². The molecule has 1 fully saturated rings. The van der Waals surface area contributed by atoms with Crippen LogP contribution < -0.4 is 0 Å². The fraction of sp³-hybridized carbons (Fsp3) is 0.438. The number of nitrogens with zero attached hydrogens (tertiary/aromatic N) is 2. The summed E-state index contributed by atoms with van der Waals surface area (Å²) >= 11 is 0. The van der Waals surface area contributed by atoms with Crippen LogP contribution in [0.3, 0.4) is 0 Å². The Kier molecular flexibility index (Phi) is 4.20. The third-order valence-corrected chi connectivity index (χ3v) is 3.62. The Labute approximate surface area is 128 Å². The summed E-state index contributed by atoms with van der Waals surface area (Å²) in [5.74, 6) is 0.358. The van der Waals surface area contributed by atoms with E-state index in [1.807, 2.05) is 13.0 Å². The van der Waals surface area contributed by atoms with Gasteiger partial charge in [-0.15, -0.1) is 10.2 Å². The topological polar surface area (TPSA) is 74.5 Å². The summed E-state index contributed by atoms with van der Waals surface area (Å²) in [6.07, 6.45) is 2.13. The predicted molar refractivity (Wildman–Crippen MR) is 78.3 cm³/mol.